The maximum atomic E-state index is 11.2. The molecule has 1 aliphatic rings. The molecule has 14 heavy (non-hydrogen) atoms. The first-order chi connectivity index (χ1) is 6.68. The molecule has 0 saturated carbocycles. The fraction of sp³-hybridized carbons (Fsp3) is 0.222. The Morgan fingerprint density at radius 2 is 2.07 bits per heavy atom. The number of nitrogens with zero attached hydrogens (tertiary/aromatic N) is 1. The molecule has 0 bridgehead atoms. The Kier molecular flexibility index (Phi) is 2.52. The van der Waals surface area contributed by atoms with Crippen LogP contribution in [0.3, 0.4) is 0 Å². The van der Waals surface area contributed by atoms with Crippen molar-refractivity contribution in [3.05, 3.63) is 28.2 Å². The summed E-state index contributed by atoms with van der Waals surface area (Å²) in [5, 5.41) is 0.909. The second kappa shape index (κ2) is 3.67. The normalized spacial score (nSPS) is 15.9. The van der Waals surface area contributed by atoms with Crippen LogP contribution in [0.2, 0.25) is 10.0 Å². The quantitative estimate of drug-likeness (QED) is 0.744. The van der Waals surface area contributed by atoms with Crippen molar-refractivity contribution in [2.45, 2.75) is 0 Å². The van der Waals surface area contributed by atoms with Gasteiger partial charge in [0, 0.05) is 5.69 Å². The number of halogens is 2. The lowest BCUT2D eigenvalue weighted by molar-refractivity contribution is 0.181. The van der Waals surface area contributed by atoms with E-state index in [1.54, 1.807) is 18.2 Å². The maximum Gasteiger partial charge on any atom is 0.414 e. The molecular weight excluding hydrogens is 225 g/mol. The van der Waals surface area contributed by atoms with E-state index >= 15 is 0 Å². The van der Waals surface area contributed by atoms with E-state index in [9.17, 15) is 4.79 Å². The lowest BCUT2D eigenvalue weighted by atomic mass is 10.3. The molecule has 0 N–H and O–H groups in total. The van der Waals surface area contributed by atoms with Crippen molar-refractivity contribution in [3.8, 4) is 0 Å². The fourth-order valence-electron chi connectivity index (χ4n) is 1.28. The van der Waals surface area contributed by atoms with E-state index in [4.69, 9.17) is 27.9 Å². The Bertz CT molecular complexity index is 381. The number of amides is 1. The van der Waals surface area contributed by atoms with Crippen LogP contribution in [0.5, 0.6) is 0 Å². The highest BCUT2D eigenvalue weighted by Gasteiger charge is 2.23. The number of hydrogen-bond donors (Lipinski definition) is 0. The van der Waals surface area contributed by atoms with Gasteiger partial charge in [0.25, 0.3) is 0 Å². The van der Waals surface area contributed by atoms with E-state index in [0.29, 0.717) is 28.9 Å². The highest BCUT2D eigenvalue weighted by Crippen LogP contribution is 2.28. The summed E-state index contributed by atoms with van der Waals surface area (Å²) in [5.41, 5.74) is 0.710. The number of carbonyl (C=O) groups excluding carboxylic acids is 1. The van der Waals surface area contributed by atoms with Gasteiger partial charge in [-0.2, -0.15) is 0 Å². The van der Waals surface area contributed by atoms with Gasteiger partial charge in [-0.25, -0.2) is 4.79 Å². The molecular formula is C9H7Cl2NO2. The van der Waals surface area contributed by atoms with E-state index in [1.165, 1.54) is 4.90 Å². The van der Waals surface area contributed by atoms with Gasteiger partial charge in [-0.15, -0.1) is 0 Å². The highest BCUT2D eigenvalue weighted by atomic mass is 35.5. The van der Waals surface area contributed by atoms with E-state index in [1.807, 2.05) is 0 Å². The van der Waals surface area contributed by atoms with Crippen molar-refractivity contribution in [1.82, 2.24) is 0 Å². The number of carbonyl (C=O) groups is 1. The van der Waals surface area contributed by atoms with Gasteiger partial charge < -0.3 is 4.74 Å². The number of hydrogen-bond acceptors (Lipinski definition) is 2. The zero-order chi connectivity index (χ0) is 10.1. The number of cyclic esters (lactones) is 1. The van der Waals surface area contributed by atoms with Crippen LogP contribution in [-0.2, 0) is 4.74 Å². The Balaban J connectivity index is 2.32. The Hall–Kier alpha value is -0.930. The fourth-order valence-corrected chi connectivity index (χ4v) is 1.57. The smallest absolute Gasteiger partial charge is 0.414 e. The van der Waals surface area contributed by atoms with Gasteiger partial charge in [0.1, 0.15) is 6.61 Å². The van der Waals surface area contributed by atoms with Gasteiger partial charge >= 0.3 is 6.09 Å². The predicted molar refractivity (Wildman–Crippen MR) is 55.2 cm³/mol. The van der Waals surface area contributed by atoms with Crippen LogP contribution in [0, 0.1) is 0 Å². The third kappa shape index (κ3) is 1.65. The molecule has 74 valence electrons. The Labute approximate surface area is 91.2 Å². The molecule has 1 aromatic rings. The molecule has 0 aliphatic carbocycles. The number of benzene rings is 1. The van der Waals surface area contributed by atoms with Crippen molar-refractivity contribution in [2.75, 3.05) is 18.1 Å². The second-order valence-corrected chi connectivity index (χ2v) is 3.68. The third-order valence-corrected chi connectivity index (χ3v) is 2.71. The van der Waals surface area contributed by atoms with Gasteiger partial charge in [0.2, 0.25) is 0 Å². The van der Waals surface area contributed by atoms with Crippen LogP contribution in [0.4, 0.5) is 10.5 Å². The minimum Gasteiger partial charge on any atom is -0.447 e. The standard InChI is InChI=1S/C9H7Cl2NO2/c10-7-2-1-6(5-8(7)11)12-3-4-14-9(12)13/h1-2,5H,3-4H2. The van der Waals surface area contributed by atoms with Crippen LogP contribution in [-0.4, -0.2) is 19.2 Å². The molecule has 1 heterocycles. The molecule has 0 aromatic heterocycles. The van der Waals surface area contributed by atoms with Crippen LogP contribution in [0.15, 0.2) is 18.2 Å². The molecule has 0 radical (unpaired) electrons. The van der Waals surface area contributed by atoms with E-state index in [-0.39, 0.29) is 6.09 Å². The minimum atomic E-state index is -0.344. The summed E-state index contributed by atoms with van der Waals surface area (Å²) in [6.45, 7) is 0.968. The summed E-state index contributed by atoms with van der Waals surface area (Å²) in [4.78, 5) is 12.7. The molecule has 3 nitrogen and oxygen atoms in total. The monoisotopic (exact) mass is 231 g/mol. The minimum absolute atomic E-state index is 0.344. The third-order valence-electron chi connectivity index (χ3n) is 1.98. The molecule has 1 saturated heterocycles. The average molecular weight is 232 g/mol. The van der Waals surface area contributed by atoms with E-state index < -0.39 is 0 Å². The summed E-state index contributed by atoms with van der Waals surface area (Å²) >= 11 is 11.6. The van der Waals surface area contributed by atoms with Gasteiger partial charge in [-0.3, -0.25) is 4.90 Å². The lowest BCUT2D eigenvalue weighted by Gasteiger charge is -2.12. The zero-order valence-corrected chi connectivity index (χ0v) is 8.68. The van der Waals surface area contributed by atoms with Gasteiger partial charge in [0.05, 0.1) is 16.6 Å². The molecule has 0 atom stereocenters. The summed E-state index contributed by atoms with van der Waals surface area (Å²) in [7, 11) is 0. The van der Waals surface area contributed by atoms with Crippen LogP contribution < -0.4 is 4.90 Å². The molecule has 5 heteroatoms. The SMILES string of the molecule is O=C1OCCN1c1ccc(Cl)c(Cl)c1. The Morgan fingerprint density at radius 1 is 1.29 bits per heavy atom. The molecule has 1 aromatic carbocycles. The van der Waals surface area contributed by atoms with Crippen molar-refractivity contribution in [3.63, 3.8) is 0 Å². The van der Waals surface area contributed by atoms with Crippen LogP contribution in [0.25, 0.3) is 0 Å². The zero-order valence-electron chi connectivity index (χ0n) is 7.17. The van der Waals surface area contributed by atoms with Crippen molar-refractivity contribution in [1.29, 1.82) is 0 Å². The van der Waals surface area contributed by atoms with Gasteiger partial charge in [-0.05, 0) is 18.2 Å². The largest absolute Gasteiger partial charge is 0.447 e. The summed E-state index contributed by atoms with van der Waals surface area (Å²) in [6.07, 6.45) is -0.344. The summed E-state index contributed by atoms with van der Waals surface area (Å²) < 4.78 is 4.80. The van der Waals surface area contributed by atoms with E-state index in [0.717, 1.165) is 0 Å². The van der Waals surface area contributed by atoms with Gasteiger partial charge in [0.15, 0.2) is 0 Å². The summed E-state index contributed by atoms with van der Waals surface area (Å²) in [6, 6.07) is 5.04. The van der Waals surface area contributed by atoms with Crippen LogP contribution >= 0.6 is 23.2 Å². The highest BCUT2D eigenvalue weighted by molar-refractivity contribution is 6.42. The maximum absolute atomic E-state index is 11.2. The van der Waals surface area contributed by atoms with Crippen LogP contribution in [0.1, 0.15) is 0 Å². The van der Waals surface area contributed by atoms with Crippen molar-refractivity contribution >= 4 is 35.0 Å². The first kappa shape index (κ1) is 9.62. The lowest BCUT2D eigenvalue weighted by Crippen LogP contribution is -2.23. The van der Waals surface area contributed by atoms with Crippen molar-refractivity contribution < 1.29 is 9.53 Å². The molecule has 1 fully saturated rings. The average Bonchev–Trinajstić information content (AvgIpc) is 2.57. The number of rotatable bonds is 1. The topological polar surface area (TPSA) is 29.5 Å². The van der Waals surface area contributed by atoms with E-state index in [2.05, 4.69) is 0 Å². The molecule has 2 rings (SSSR count). The molecule has 1 aliphatic heterocycles. The van der Waals surface area contributed by atoms with Crippen molar-refractivity contribution in [2.24, 2.45) is 0 Å². The molecule has 0 spiro atoms. The molecule has 1 amide bonds. The summed E-state index contributed by atoms with van der Waals surface area (Å²) in [5.74, 6) is 0. The number of anilines is 1. The number of ether oxygens (including phenoxy) is 1. The predicted octanol–water partition coefficient (Wildman–Crippen LogP) is 2.95. The van der Waals surface area contributed by atoms with Gasteiger partial charge in [-0.1, -0.05) is 23.2 Å². The first-order valence-corrected chi connectivity index (χ1v) is 4.83. The Morgan fingerprint density at radius 3 is 2.64 bits per heavy atom. The first-order valence-electron chi connectivity index (χ1n) is 4.08. The molecule has 0 unspecified atom stereocenters. The second-order valence-electron chi connectivity index (χ2n) is 2.86.